The Morgan fingerprint density at radius 1 is 1.10 bits per heavy atom. The summed E-state index contributed by atoms with van der Waals surface area (Å²) in [7, 11) is 1.74. The van der Waals surface area contributed by atoms with Crippen molar-refractivity contribution >= 4 is 22.9 Å². The van der Waals surface area contributed by atoms with Crippen molar-refractivity contribution in [1.82, 2.24) is 4.90 Å². The number of carboxylic acids is 1. The zero-order chi connectivity index (χ0) is 22.6. The van der Waals surface area contributed by atoms with Gasteiger partial charge in [-0.15, -0.1) is 0 Å². The first-order chi connectivity index (χ1) is 14.6. The van der Waals surface area contributed by atoms with Crippen LogP contribution in [0.1, 0.15) is 22.3 Å². The Labute approximate surface area is 183 Å². The summed E-state index contributed by atoms with van der Waals surface area (Å²) in [6.07, 6.45) is -2.40. The van der Waals surface area contributed by atoms with Crippen LogP contribution in [0.3, 0.4) is 0 Å². The van der Waals surface area contributed by atoms with Crippen LogP contribution in [0.25, 0.3) is 16.7 Å². The van der Waals surface area contributed by atoms with Crippen LogP contribution in [-0.2, 0) is 11.0 Å². The number of hydrogen-bond acceptors (Lipinski definition) is 3. The van der Waals surface area contributed by atoms with Crippen LogP contribution in [0.5, 0.6) is 0 Å². The second kappa shape index (κ2) is 9.49. The molecule has 0 bridgehead atoms. The molecule has 0 atom stereocenters. The predicted octanol–water partition coefficient (Wildman–Crippen LogP) is 6.19. The largest absolute Gasteiger partial charge is 0.480 e. The third-order valence-corrected chi connectivity index (χ3v) is 5.74. The molecule has 7 heteroatoms. The fourth-order valence-electron chi connectivity index (χ4n) is 3.28. The van der Waals surface area contributed by atoms with Gasteiger partial charge in [0.25, 0.3) is 0 Å². The third-order valence-electron chi connectivity index (χ3n) is 4.88. The van der Waals surface area contributed by atoms with Gasteiger partial charge in [-0.25, -0.2) is 0 Å². The molecule has 0 aliphatic heterocycles. The zero-order valence-corrected chi connectivity index (χ0v) is 17.9. The highest BCUT2D eigenvalue weighted by Gasteiger charge is 2.30. The molecule has 0 amide bonds. The summed E-state index contributed by atoms with van der Waals surface area (Å²) >= 11 is 1.58. The van der Waals surface area contributed by atoms with E-state index in [1.54, 1.807) is 41.5 Å². The van der Waals surface area contributed by atoms with Crippen LogP contribution < -0.4 is 0 Å². The summed E-state index contributed by atoms with van der Waals surface area (Å²) < 4.78 is 39.1. The SMILES string of the molecule is Cc1cscc1C(=CCN(C)CC(=O)O)c1ccc(-c2cccc(C(F)(F)F)c2)cc1. The first-order valence-corrected chi connectivity index (χ1v) is 10.5. The van der Waals surface area contributed by atoms with E-state index in [4.69, 9.17) is 5.11 Å². The van der Waals surface area contributed by atoms with E-state index in [9.17, 15) is 18.0 Å². The Hall–Kier alpha value is -2.90. The molecule has 0 fully saturated rings. The van der Waals surface area contributed by atoms with E-state index in [2.05, 4.69) is 0 Å². The molecule has 2 aromatic carbocycles. The summed E-state index contributed by atoms with van der Waals surface area (Å²) in [5, 5.41) is 13.1. The third kappa shape index (κ3) is 5.83. The number of likely N-dealkylation sites (N-methyl/N-ethyl adjacent to an activating group) is 1. The van der Waals surface area contributed by atoms with E-state index in [-0.39, 0.29) is 6.54 Å². The Bertz CT molecular complexity index is 1080. The minimum Gasteiger partial charge on any atom is -0.480 e. The summed E-state index contributed by atoms with van der Waals surface area (Å²) in [6, 6.07) is 12.7. The summed E-state index contributed by atoms with van der Waals surface area (Å²) in [6.45, 7) is 2.39. The van der Waals surface area contributed by atoms with E-state index in [1.807, 2.05) is 35.9 Å². The highest BCUT2D eigenvalue weighted by atomic mass is 32.1. The van der Waals surface area contributed by atoms with Gasteiger partial charge < -0.3 is 5.11 Å². The Balaban J connectivity index is 1.93. The van der Waals surface area contributed by atoms with Crippen molar-refractivity contribution in [3.05, 3.63) is 87.6 Å². The molecule has 0 saturated heterocycles. The molecule has 31 heavy (non-hydrogen) atoms. The number of aryl methyl sites for hydroxylation is 1. The average molecular weight is 446 g/mol. The van der Waals surface area contributed by atoms with Crippen molar-refractivity contribution in [2.45, 2.75) is 13.1 Å². The first kappa shape index (κ1) is 22.8. The Morgan fingerprint density at radius 2 is 1.81 bits per heavy atom. The predicted molar refractivity (Wildman–Crippen MR) is 118 cm³/mol. The smallest absolute Gasteiger partial charge is 0.416 e. The van der Waals surface area contributed by atoms with Gasteiger partial charge >= 0.3 is 12.1 Å². The number of rotatable bonds is 7. The number of carboxylic acid groups (broad SMARTS) is 1. The van der Waals surface area contributed by atoms with Gasteiger partial charge in [0, 0.05) is 6.54 Å². The first-order valence-electron chi connectivity index (χ1n) is 9.57. The average Bonchev–Trinajstić information content (AvgIpc) is 3.13. The molecule has 0 saturated carbocycles. The molecule has 0 aliphatic carbocycles. The molecule has 1 heterocycles. The second-order valence-corrected chi connectivity index (χ2v) is 8.08. The van der Waals surface area contributed by atoms with Crippen molar-refractivity contribution < 1.29 is 23.1 Å². The lowest BCUT2D eigenvalue weighted by molar-refractivity contribution is -0.138. The maximum Gasteiger partial charge on any atom is 0.416 e. The number of aliphatic carboxylic acids is 1. The molecular weight excluding hydrogens is 423 g/mol. The molecule has 3 rings (SSSR count). The standard InChI is InChI=1S/C24H22F3NO2S/c1-16-14-31-15-22(16)21(10-11-28(2)13-23(29)30)18-8-6-17(7-9-18)19-4-3-5-20(12-19)24(25,26)27/h3-10,12,14-15H,11,13H2,1-2H3,(H,29,30). The zero-order valence-electron chi connectivity index (χ0n) is 17.1. The van der Waals surface area contributed by atoms with Gasteiger partial charge in [-0.3, -0.25) is 9.69 Å². The van der Waals surface area contributed by atoms with Gasteiger partial charge in [0.15, 0.2) is 0 Å². The van der Waals surface area contributed by atoms with Crippen LogP contribution in [0.4, 0.5) is 13.2 Å². The number of halogens is 3. The number of benzene rings is 2. The lowest BCUT2D eigenvalue weighted by Crippen LogP contribution is -2.25. The van der Waals surface area contributed by atoms with Gasteiger partial charge in [0.05, 0.1) is 12.1 Å². The summed E-state index contributed by atoms with van der Waals surface area (Å²) in [5.74, 6) is -0.894. The van der Waals surface area contributed by atoms with E-state index >= 15 is 0 Å². The van der Waals surface area contributed by atoms with Crippen molar-refractivity contribution in [3.63, 3.8) is 0 Å². The van der Waals surface area contributed by atoms with Crippen molar-refractivity contribution in [2.24, 2.45) is 0 Å². The maximum absolute atomic E-state index is 13.0. The van der Waals surface area contributed by atoms with E-state index < -0.39 is 17.7 Å². The lowest BCUT2D eigenvalue weighted by Gasteiger charge is -2.14. The minimum absolute atomic E-state index is 0.0686. The normalized spacial score (nSPS) is 12.4. The lowest BCUT2D eigenvalue weighted by atomic mass is 9.94. The number of alkyl halides is 3. The van der Waals surface area contributed by atoms with Crippen LogP contribution in [0.2, 0.25) is 0 Å². The molecule has 162 valence electrons. The fraction of sp³-hybridized carbons (Fsp3) is 0.208. The van der Waals surface area contributed by atoms with Gasteiger partial charge in [-0.1, -0.05) is 42.5 Å². The van der Waals surface area contributed by atoms with Crippen LogP contribution in [0, 0.1) is 6.92 Å². The summed E-state index contributed by atoms with van der Waals surface area (Å²) in [4.78, 5) is 12.6. The molecule has 0 unspecified atom stereocenters. The molecule has 0 spiro atoms. The molecule has 3 aromatic rings. The fourth-order valence-corrected chi connectivity index (χ4v) is 4.13. The van der Waals surface area contributed by atoms with E-state index in [1.165, 1.54) is 6.07 Å². The number of nitrogens with zero attached hydrogens (tertiary/aromatic N) is 1. The minimum atomic E-state index is -4.38. The molecule has 3 nitrogen and oxygen atoms in total. The second-order valence-electron chi connectivity index (χ2n) is 7.33. The quantitative estimate of drug-likeness (QED) is 0.471. The number of carbonyl (C=O) groups is 1. The molecule has 1 aromatic heterocycles. The van der Waals surface area contributed by atoms with Gasteiger partial charge in [0.2, 0.25) is 0 Å². The number of hydrogen-bond donors (Lipinski definition) is 1. The molecule has 0 radical (unpaired) electrons. The highest BCUT2D eigenvalue weighted by molar-refractivity contribution is 7.08. The maximum atomic E-state index is 13.0. The van der Waals surface area contributed by atoms with Gasteiger partial charge in [-0.05, 0) is 70.3 Å². The van der Waals surface area contributed by atoms with Gasteiger partial charge in [0.1, 0.15) is 0 Å². The topological polar surface area (TPSA) is 40.5 Å². The van der Waals surface area contributed by atoms with Crippen LogP contribution in [-0.4, -0.2) is 36.1 Å². The van der Waals surface area contributed by atoms with Crippen molar-refractivity contribution in [2.75, 3.05) is 20.1 Å². The van der Waals surface area contributed by atoms with Crippen LogP contribution >= 0.6 is 11.3 Å². The summed E-state index contributed by atoms with van der Waals surface area (Å²) in [5.41, 5.74) is 4.57. The number of thiophene rings is 1. The molecular formula is C24H22F3NO2S. The van der Waals surface area contributed by atoms with Crippen molar-refractivity contribution in [3.8, 4) is 11.1 Å². The highest BCUT2D eigenvalue weighted by Crippen LogP contribution is 2.33. The molecule has 1 N–H and O–H groups in total. The van der Waals surface area contributed by atoms with E-state index in [0.717, 1.165) is 34.4 Å². The van der Waals surface area contributed by atoms with Crippen LogP contribution in [0.15, 0.2) is 65.4 Å². The monoisotopic (exact) mass is 445 g/mol. The molecule has 0 aliphatic rings. The van der Waals surface area contributed by atoms with Crippen molar-refractivity contribution in [1.29, 1.82) is 0 Å². The Morgan fingerprint density at radius 3 is 2.39 bits per heavy atom. The van der Waals surface area contributed by atoms with E-state index in [0.29, 0.717) is 17.7 Å². The van der Waals surface area contributed by atoms with Gasteiger partial charge in [-0.2, -0.15) is 24.5 Å². The Kier molecular flexibility index (Phi) is 6.97.